The maximum absolute atomic E-state index is 6.10. The molecule has 20 rings (SSSR count). The van der Waals surface area contributed by atoms with Gasteiger partial charge in [-0.25, -0.2) is 0 Å². The van der Waals surface area contributed by atoms with E-state index in [0.29, 0.717) is 17.7 Å². The third-order valence-electron chi connectivity index (χ3n) is 21.7. The van der Waals surface area contributed by atoms with E-state index in [9.17, 15) is 0 Å². The fraction of sp³-hybridized carbons (Fsp3) is 0.0100. The van der Waals surface area contributed by atoms with Crippen molar-refractivity contribution < 1.29 is 0 Å². The highest BCUT2D eigenvalue weighted by Crippen LogP contribution is 2.75. The minimum atomic E-state index is -2.18. The van der Waals surface area contributed by atoms with Gasteiger partial charge in [0.25, 0.3) is 0 Å². The summed E-state index contributed by atoms with van der Waals surface area (Å²) in [5, 5.41) is 6.51. The third kappa shape index (κ3) is 10.1. The van der Waals surface area contributed by atoms with Gasteiger partial charge in [0.2, 0.25) is 11.9 Å². The normalized spacial score (nSPS) is 12.4. The minimum absolute atomic E-state index is 0.474. The smallest absolute Gasteiger partial charge is 0.240 e. The molecule has 108 heavy (non-hydrogen) atoms. The Morgan fingerprint density at radius 2 is 0.583 bits per heavy atom. The molecule has 0 aliphatic heterocycles. The summed E-state index contributed by atoms with van der Waals surface area (Å²) in [6.45, 7) is 0. The quantitative estimate of drug-likeness (QED) is 0.0906. The molecule has 4 aromatic heterocycles. The summed E-state index contributed by atoms with van der Waals surface area (Å²) in [4.78, 5) is 27.9. The maximum atomic E-state index is 6.10. The highest BCUT2D eigenvalue weighted by atomic mass is 32.3. The van der Waals surface area contributed by atoms with Crippen LogP contribution >= 0.6 is 20.1 Å². The summed E-state index contributed by atoms with van der Waals surface area (Å²) in [6.07, 6.45) is 0. The Balaban J connectivity index is 0.933. The van der Waals surface area contributed by atoms with Crippen LogP contribution in [0.2, 0.25) is 0 Å². The van der Waals surface area contributed by atoms with Crippen molar-refractivity contribution in [3.8, 4) is 29.0 Å². The van der Waals surface area contributed by atoms with Crippen LogP contribution in [0.3, 0.4) is 0 Å². The second-order valence-corrected chi connectivity index (χ2v) is 33.6. The van der Waals surface area contributed by atoms with Crippen molar-refractivity contribution in [1.82, 2.24) is 28.7 Å². The van der Waals surface area contributed by atoms with Crippen LogP contribution in [-0.2, 0) is 5.41 Å². The van der Waals surface area contributed by atoms with Gasteiger partial charge < -0.3 is 4.57 Å². The fourth-order valence-electron chi connectivity index (χ4n) is 17.2. The van der Waals surface area contributed by atoms with E-state index in [1.807, 2.05) is 0 Å². The standard InChI is InChI=1S/C100H70N6S2/c1-11-37-72(38-12-1)100(73-39-13-2-14-40-73,74-41-15-3-16-42-74)75-62-64-86-87-65-67-93-95(88-59-32-34-61-91(88)104(93)76-43-17-4-18-44-76)96(87)106(94(86)69-75)99-102-97(71-36-35-57-83(68-71)107(77-45-19-5-20-46-77,78-47-21-6-22-48-78)79-49-23-7-24-50-79)101-98(103-99)105-90-60-33-31-58-85(90)89-70-84(63-66-92(89)105)108(80-51-25-8-26-52-80,81-53-27-9-28-54-81)82-55-29-10-30-56-82/h1-70H. The van der Waals surface area contributed by atoms with Crippen LogP contribution in [0, 0.1) is 0 Å². The molecule has 0 fully saturated rings. The van der Waals surface area contributed by atoms with Gasteiger partial charge in [-0.1, -0.05) is 285 Å². The Hall–Kier alpha value is -13.4. The largest absolute Gasteiger partial charge is 0.309 e. The number of aromatic nitrogens is 6. The molecule has 0 atom stereocenters. The van der Waals surface area contributed by atoms with Crippen molar-refractivity contribution in [1.29, 1.82) is 0 Å². The SMILES string of the molecule is c1ccc(-n2c3ccccc3c3c2ccc2c4ccc(C(c5ccccc5)(c5ccccc5)c5ccccc5)cc4n(-c4nc(-c5cccc(S(c6ccccc6)(c6ccccc6)c6ccccc6)c5)nc(-n5c6ccccc6c6cc(S(c7ccccc7)(c7ccccc7)c7ccccc7)ccc65)n4)c23)cc1. The second-order valence-electron chi connectivity index (χ2n) is 27.4. The molecule has 20 aromatic rings. The summed E-state index contributed by atoms with van der Waals surface area (Å²) in [5.74, 6) is 1.49. The second kappa shape index (κ2) is 26.6. The van der Waals surface area contributed by atoms with Gasteiger partial charge in [-0.05, 0) is 162 Å². The molecule has 512 valence electrons. The minimum Gasteiger partial charge on any atom is -0.309 e. The van der Waals surface area contributed by atoms with Gasteiger partial charge in [-0.3, -0.25) is 9.13 Å². The molecule has 0 unspecified atom stereocenters. The van der Waals surface area contributed by atoms with Gasteiger partial charge in [0.15, 0.2) is 5.82 Å². The topological polar surface area (TPSA) is 53.5 Å². The summed E-state index contributed by atoms with van der Waals surface area (Å²) in [7, 11) is -4.27. The predicted octanol–water partition coefficient (Wildman–Crippen LogP) is 25.9. The van der Waals surface area contributed by atoms with Gasteiger partial charge in [-0.15, -0.1) is 20.1 Å². The summed E-state index contributed by atoms with van der Waals surface area (Å²) in [5.41, 5.74) is 11.7. The Bertz CT molecular complexity index is 6410. The summed E-state index contributed by atoms with van der Waals surface area (Å²) in [6, 6.07) is 156. The summed E-state index contributed by atoms with van der Waals surface area (Å²) >= 11 is 0. The Kier molecular flexibility index (Phi) is 15.9. The first-order valence-electron chi connectivity index (χ1n) is 36.7. The molecule has 0 bridgehead atoms. The Morgan fingerprint density at radius 1 is 0.213 bits per heavy atom. The zero-order valence-corrected chi connectivity index (χ0v) is 60.5. The molecule has 0 saturated heterocycles. The van der Waals surface area contributed by atoms with E-state index in [0.717, 1.165) is 104 Å². The van der Waals surface area contributed by atoms with Crippen LogP contribution in [0.4, 0.5) is 0 Å². The number of para-hydroxylation sites is 3. The van der Waals surface area contributed by atoms with Crippen LogP contribution in [0.25, 0.3) is 94.4 Å². The number of rotatable bonds is 16. The maximum Gasteiger partial charge on any atom is 0.240 e. The number of hydrogen-bond acceptors (Lipinski definition) is 3. The van der Waals surface area contributed by atoms with Crippen molar-refractivity contribution in [2.75, 3.05) is 0 Å². The van der Waals surface area contributed by atoms with E-state index in [1.165, 1.54) is 34.3 Å². The van der Waals surface area contributed by atoms with E-state index in [-0.39, 0.29) is 0 Å². The van der Waals surface area contributed by atoms with Crippen LogP contribution < -0.4 is 0 Å². The molecule has 0 radical (unpaired) electrons. The van der Waals surface area contributed by atoms with Crippen molar-refractivity contribution in [3.05, 3.63) is 447 Å². The molecule has 0 spiro atoms. The molecule has 0 N–H and O–H groups in total. The van der Waals surface area contributed by atoms with Gasteiger partial charge in [0, 0.05) is 82.7 Å². The lowest BCUT2D eigenvalue weighted by atomic mass is 9.65. The molecule has 16 aromatic carbocycles. The zero-order chi connectivity index (χ0) is 71.6. The van der Waals surface area contributed by atoms with Crippen LogP contribution in [0.1, 0.15) is 22.3 Å². The van der Waals surface area contributed by atoms with Crippen molar-refractivity contribution >= 4 is 85.5 Å². The number of hydrogen-bond donors (Lipinski definition) is 0. The molecular formula is C100H70N6S2. The predicted molar refractivity (Wildman–Crippen MR) is 447 cm³/mol. The molecule has 0 saturated carbocycles. The first kappa shape index (κ1) is 64.2. The first-order valence-corrected chi connectivity index (χ1v) is 40.0. The average Bonchev–Trinajstić information content (AvgIpc) is 1.49. The van der Waals surface area contributed by atoms with E-state index in [2.05, 4.69) is 438 Å². The van der Waals surface area contributed by atoms with Gasteiger partial charge in [-0.2, -0.15) is 15.0 Å². The third-order valence-corrected chi connectivity index (χ3v) is 29.5. The lowest BCUT2D eigenvalue weighted by molar-refractivity contribution is 0.746. The van der Waals surface area contributed by atoms with E-state index in [4.69, 9.17) is 15.0 Å². The summed E-state index contributed by atoms with van der Waals surface area (Å²) < 4.78 is 7.10. The fourth-order valence-corrected chi connectivity index (χ4v) is 25.0. The number of nitrogens with zero attached hydrogens (tertiary/aromatic N) is 6. The van der Waals surface area contributed by atoms with Crippen LogP contribution in [0.5, 0.6) is 0 Å². The zero-order valence-electron chi connectivity index (χ0n) is 58.9. The monoisotopic (exact) mass is 1420 g/mol. The van der Waals surface area contributed by atoms with Crippen molar-refractivity contribution in [2.45, 2.75) is 44.6 Å². The van der Waals surface area contributed by atoms with E-state index in [1.54, 1.807) is 0 Å². The highest BCUT2D eigenvalue weighted by molar-refractivity contribution is 8.34. The van der Waals surface area contributed by atoms with Crippen LogP contribution in [0.15, 0.2) is 464 Å². The molecular weight excluding hydrogens is 1350 g/mol. The first-order chi connectivity index (χ1) is 53.6. The molecule has 0 aliphatic rings. The lowest BCUT2D eigenvalue weighted by Crippen LogP contribution is -2.31. The average molecular weight is 1420 g/mol. The highest BCUT2D eigenvalue weighted by Gasteiger charge is 2.40. The molecule has 0 aliphatic carbocycles. The van der Waals surface area contributed by atoms with Crippen LogP contribution in [-0.4, -0.2) is 28.7 Å². The molecule has 4 heterocycles. The lowest BCUT2D eigenvalue weighted by Gasteiger charge is -2.42. The van der Waals surface area contributed by atoms with E-state index < -0.39 is 25.5 Å². The van der Waals surface area contributed by atoms with E-state index >= 15 is 0 Å². The Morgan fingerprint density at radius 3 is 1.07 bits per heavy atom. The van der Waals surface area contributed by atoms with Crippen molar-refractivity contribution in [2.24, 2.45) is 0 Å². The molecule has 6 nitrogen and oxygen atoms in total. The van der Waals surface area contributed by atoms with Gasteiger partial charge in [0.05, 0.1) is 38.5 Å². The molecule has 0 amide bonds. The number of benzene rings is 16. The molecule has 8 heteroatoms. The van der Waals surface area contributed by atoms with Gasteiger partial charge >= 0.3 is 0 Å². The number of fused-ring (bicyclic) bond motifs is 10. The van der Waals surface area contributed by atoms with Crippen molar-refractivity contribution in [3.63, 3.8) is 0 Å². The Labute approximate surface area is 630 Å². The van der Waals surface area contributed by atoms with Gasteiger partial charge in [0.1, 0.15) is 0 Å².